The molecule has 0 unspecified atom stereocenters. The van der Waals surface area contributed by atoms with Gasteiger partial charge >= 0.3 is 0 Å². The van der Waals surface area contributed by atoms with Crippen LogP contribution < -0.4 is 4.90 Å². The Morgan fingerprint density at radius 3 is 2.46 bits per heavy atom. The molecule has 6 nitrogen and oxygen atoms in total. The number of nitrogens with zero attached hydrogens (tertiary/aromatic N) is 5. The van der Waals surface area contributed by atoms with Crippen molar-refractivity contribution in [1.82, 2.24) is 19.6 Å². The van der Waals surface area contributed by atoms with Gasteiger partial charge in [-0.05, 0) is 49.4 Å². The van der Waals surface area contributed by atoms with Crippen LogP contribution in [0.2, 0.25) is 0 Å². The summed E-state index contributed by atoms with van der Waals surface area (Å²) in [6, 6.07) is 14.5. The average Bonchev–Trinajstić information content (AvgIpc) is 3.49. The van der Waals surface area contributed by atoms with Gasteiger partial charge in [-0.1, -0.05) is 45.0 Å². The smallest absolute Gasteiger partial charge is 0.228 e. The number of carbonyl (C=O) groups is 1. The highest BCUT2D eigenvalue weighted by Crippen LogP contribution is 2.30. The van der Waals surface area contributed by atoms with Crippen molar-refractivity contribution >= 4 is 23.1 Å². The van der Waals surface area contributed by atoms with Gasteiger partial charge in [-0.2, -0.15) is 5.10 Å². The van der Waals surface area contributed by atoms with E-state index in [2.05, 4.69) is 77.4 Å². The number of thiophene rings is 1. The number of aromatic nitrogens is 2. The number of amides is 1. The number of aryl methyl sites for hydroxylation is 1. The first-order chi connectivity index (χ1) is 17.0. The van der Waals surface area contributed by atoms with Crippen molar-refractivity contribution in [3.63, 3.8) is 0 Å². The van der Waals surface area contributed by atoms with Crippen LogP contribution in [-0.4, -0.2) is 64.8 Å². The molecule has 2 aromatic heterocycles. The van der Waals surface area contributed by atoms with E-state index in [9.17, 15) is 4.79 Å². The summed E-state index contributed by atoms with van der Waals surface area (Å²) in [5.74, 6) is 1.88. The van der Waals surface area contributed by atoms with E-state index in [-0.39, 0.29) is 5.91 Å². The molecule has 0 atom stereocenters. The molecule has 3 aromatic rings. The molecule has 35 heavy (non-hydrogen) atoms. The number of benzene rings is 1. The van der Waals surface area contributed by atoms with Gasteiger partial charge in [0.2, 0.25) is 5.91 Å². The van der Waals surface area contributed by atoms with E-state index in [0.717, 1.165) is 67.8 Å². The zero-order valence-corrected chi connectivity index (χ0v) is 22.4. The zero-order valence-electron chi connectivity index (χ0n) is 21.6. The van der Waals surface area contributed by atoms with Crippen LogP contribution in [0, 0.1) is 12.8 Å². The molecule has 1 aliphatic rings. The van der Waals surface area contributed by atoms with Gasteiger partial charge in [0.15, 0.2) is 0 Å². The number of hydrogen-bond acceptors (Lipinski definition) is 5. The second kappa shape index (κ2) is 11.9. The van der Waals surface area contributed by atoms with Crippen molar-refractivity contribution in [2.24, 2.45) is 5.92 Å². The highest BCUT2D eigenvalue weighted by Gasteiger charge is 2.27. The molecular formula is C28H39N5OS. The van der Waals surface area contributed by atoms with Crippen LogP contribution in [0.3, 0.4) is 0 Å². The third-order valence-corrected chi connectivity index (χ3v) is 7.74. The van der Waals surface area contributed by atoms with E-state index < -0.39 is 0 Å². The van der Waals surface area contributed by atoms with Crippen molar-refractivity contribution < 1.29 is 4.79 Å². The molecule has 188 valence electrons. The van der Waals surface area contributed by atoms with E-state index >= 15 is 0 Å². The van der Waals surface area contributed by atoms with Crippen LogP contribution in [0.1, 0.15) is 43.3 Å². The standard InChI is InChI=1S/C28H39N5OS/c1-5-30-15-17-31(18-16-30)28-26(23(4)29-33(28)24-10-7-6-8-11-24)21-32(14-13-22(2)3)27(34)20-25-12-9-19-35-25/h6-12,19,22H,5,13-18,20-21H2,1-4H3. The van der Waals surface area contributed by atoms with E-state index in [0.29, 0.717) is 18.9 Å². The number of likely N-dealkylation sites (N-methyl/N-ethyl adjacent to an activating group) is 1. The van der Waals surface area contributed by atoms with Crippen LogP contribution in [0.4, 0.5) is 5.82 Å². The Labute approximate surface area is 214 Å². The van der Waals surface area contributed by atoms with Crippen LogP contribution in [0.5, 0.6) is 0 Å². The van der Waals surface area contributed by atoms with Crippen LogP contribution in [0.15, 0.2) is 47.8 Å². The van der Waals surface area contributed by atoms with Crippen LogP contribution in [-0.2, 0) is 17.8 Å². The third kappa shape index (κ3) is 6.33. The Bertz CT molecular complexity index is 1070. The van der Waals surface area contributed by atoms with Crippen molar-refractivity contribution in [3.8, 4) is 5.69 Å². The Morgan fingerprint density at radius 1 is 1.09 bits per heavy atom. The second-order valence-corrected chi connectivity index (χ2v) is 10.8. The molecule has 0 spiro atoms. The first-order valence-corrected chi connectivity index (χ1v) is 13.8. The lowest BCUT2D eigenvalue weighted by molar-refractivity contribution is -0.131. The number of hydrogen-bond donors (Lipinski definition) is 0. The lowest BCUT2D eigenvalue weighted by Crippen LogP contribution is -2.47. The summed E-state index contributed by atoms with van der Waals surface area (Å²) < 4.78 is 2.09. The monoisotopic (exact) mass is 493 g/mol. The molecule has 7 heteroatoms. The molecule has 0 bridgehead atoms. The summed E-state index contributed by atoms with van der Waals surface area (Å²) >= 11 is 1.66. The number of rotatable bonds is 10. The van der Waals surface area contributed by atoms with E-state index in [1.807, 2.05) is 17.5 Å². The van der Waals surface area contributed by atoms with Crippen molar-refractivity contribution in [3.05, 3.63) is 64.0 Å². The summed E-state index contributed by atoms with van der Waals surface area (Å²) in [4.78, 5) is 21.6. The summed E-state index contributed by atoms with van der Waals surface area (Å²) in [5, 5.41) is 7.05. The topological polar surface area (TPSA) is 44.6 Å². The van der Waals surface area contributed by atoms with Crippen molar-refractivity contribution in [1.29, 1.82) is 0 Å². The fraction of sp³-hybridized carbons (Fsp3) is 0.500. The van der Waals surface area contributed by atoms with Gasteiger partial charge < -0.3 is 14.7 Å². The molecule has 0 aliphatic carbocycles. The zero-order chi connectivity index (χ0) is 24.8. The normalized spacial score (nSPS) is 14.6. The van der Waals surface area contributed by atoms with Gasteiger partial charge in [0.05, 0.1) is 24.3 Å². The quantitative estimate of drug-likeness (QED) is 0.399. The Morgan fingerprint density at radius 2 is 1.83 bits per heavy atom. The molecule has 1 aliphatic heterocycles. The maximum Gasteiger partial charge on any atom is 0.228 e. The molecule has 0 N–H and O–H groups in total. The second-order valence-electron chi connectivity index (χ2n) is 9.81. The summed E-state index contributed by atoms with van der Waals surface area (Å²) in [6.45, 7) is 15.2. The fourth-order valence-corrected chi connectivity index (χ4v) is 5.35. The predicted molar refractivity (Wildman–Crippen MR) is 146 cm³/mol. The minimum absolute atomic E-state index is 0.196. The van der Waals surface area contributed by atoms with Crippen LogP contribution >= 0.6 is 11.3 Å². The molecular weight excluding hydrogens is 454 g/mol. The molecule has 4 rings (SSSR count). The SMILES string of the molecule is CCN1CCN(c2c(CN(CCC(C)C)C(=O)Cc3cccs3)c(C)nn2-c2ccccc2)CC1. The minimum atomic E-state index is 0.196. The van der Waals surface area contributed by atoms with Crippen molar-refractivity contribution in [2.75, 3.05) is 44.2 Å². The van der Waals surface area contributed by atoms with E-state index in [4.69, 9.17) is 5.10 Å². The van der Waals surface area contributed by atoms with E-state index in [1.165, 1.54) is 5.56 Å². The van der Waals surface area contributed by atoms with Crippen molar-refractivity contribution in [2.45, 2.75) is 47.1 Å². The highest BCUT2D eigenvalue weighted by molar-refractivity contribution is 7.10. The molecule has 1 saturated heterocycles. The number of para-hydroxylation sites is 1. The summed E-state index contributed by atoms with van der Waals surface area (Å²) in [7, 11) is 0. The molecule has 1 fully saturated rings. The average molecular weight is 494 g/mol. The minimum Gasteiger partial charge on any atom is -0.354 e. The van der Waals surface area contributed by atoms with Gasteiger partial charge in [-0.15, -0.1) is 11.3 Å². The first kappa shape index (κ1) is 25.5. The van der Waals surface area contributed by atoms with Gasteiger partial charge in [0, 0.05) is 43.2 Å². The fourth-order valence-electron chi connectivity index (χ4n) is 4.65. The number of anilines is 1. The summed E-state index contributed by atoms with van der Waals surface area (Å²) in [5.41, 5.74) is 3.23. The Balaban J connectivity index is 1.67. The largest absolute Gasteiger partial charge is 0.354 e. The Kier molecular flexibility index (Phi) is 8.63. The number of piperazine rings is 1. The maximum atomic E-state index is 13.5. The predicted octanol–water partition coefficient (Wildman–Crippen LogP) is 5.00. The molecule has 1 aromatic carbocycles. The lowest BCUT2D eigenvalue weighted by Gasteiger charge is -2.36. The molecule has 0 radical (unpaired) electrons. The number of carbonyl (C=O) groups excluding carboxylic acids is 1. The molecule has 0 saturated carbocycles. The lowest BCUT2D eigenvalue weighted by atomic mass is 10.1. The molecule has 1 amide bonds. The van der Waals surface area contributed by atoms with Gasteiger partial charge in [0.1, 0.15) is 5.82 Å². The first-order valence-electron chi connectivity index (χ1n) is 12.9. The Hall–Kier alpha value is -2.64. The highest BCUT2D eigenvalue weighted by atomic mass is 32.1. The van der Waals surface area contributed by atoms with Crippen LogP contribution in [0.25, 0.3) is 5.69 Å². The maximum absolute atomic E-state index is 13.5. The third-order valence-electron chi connectivity index (χ3n) is 6.86. The van der Waals surface area contributed by atoms with Gasteiger partial charge in [-0.3, -0.25) is 4.79 Å². The van der Waals surface area contributed by atoms with Gasteiger partial charge in [-0.25, -0.2) is 4.68 Å². The van der Waals surface area contributed by atoms with E-state index in [1.54, 1.807) is 11.3 Å². The van der Waals surface area contributed by atoms with Gasteiger partial charge in [0.25, 0.3) is 0 Å². The molecule has 3 heterocycles. The summed E-state index contributed by atoms with van der Waals surface area (Å²) in [6.07, 6.45) is 1.46.